The molecule has 0 saturated carbocycles. The van der Waals surface area contributed by atoms with E-state index in [0.29, 0.717) is 38.3 Å². The first-order chi connectivity index (χ1) is 14.9. The molecule has 0 unspecified atom stereocenters. The molecule has 6 nitrogen and oxygen atoms in total. The summed E-state index contributed by atoms with van der Waals surface area (Å²) in [6.07, 6.45) is 2.31. The third kappa shape index (κ3) is 5.33. The second-order valence-corrected chi connectivity index (χ2v) is 8.12. The molecule has 1 amide bonds. The summed E-state index contributed by atoms with van der Waals surface area (Å²) in [5.41, 5.74) is 0.0256. The molecule has 1 aromatic carbocycles. The van der Waals surface area contributed by atoms with Crippen LogP contribution in [0.2, 0.25) is 0 Å². The maximum atomic E-state index is 13.0. The zero-order valence-electron chi connectivity index (χ0n) is 17.3. The molecule has 0 bridgehead atoms. The van der Waals surface area contributed by atoms with E-state index in [2.05, 4.69) is 19.8 Å². The smallest absolute Gasteiger partial charge is 0.355 e. The van der Waals surface area contributed by atoms with Crippen LogP contribution in [0.1, 0.15) is 24.0 Å². The topological polar surface area (TPSA) is 52.6 Å². The number of aromatic nitrogens is 2. The van der Waals surface area contributed by atoms with E-state index < -0.39 is 11.7 Å². The van der Waals surface area contributed by atoms with E-state index in [1.54, 1.807) is 24.7 Å². The molecule has 2 aromatic rings. The molecule has 3 heterocycles. The Morgan fingerprint density at radius 1 is 1.03 bits per heavy atom. The molecule has 0 atom stereocenters. The van der Waals surface area contributed by atoms with Crippen molar-refractivity contribution >= 4 is 11.7 Å². The monoisotopic (exact) mass is 433 g/mol. The van der Waals surface area contributed by atoms with E-state index >= 15 is 0 Å². The quantitative estimate of drug-likeness (QED) is 0.742. The number of hydrogen-bond acceptors (Lipinski definition) is 5. The number of piperidine rings is 1. The Hall–Kier alpha value is -2.68. The molecule has 31 heavy (non-hydrogen) atoms. The standard InChI is InChI=1S/C22H26F3N5O/c23-22(24,25)19-3-1-2-17(14-19)16-28-10-12-30(13-11-28)21(31)18-4-8-29(9-5-18)20-15-26-6-7-27-20/h1-3,6-7,14-15,18H,4-5,8-13,16H2. The normalized spacial score (nSPS) is 18.9. The molecule has 2 aliphatic rings. The van der Waals surface area contributed by atoms with Gasteiger partial charge in [0.1, 0.15) is 5.82 Å². The maximum Gasteiger partial charge on any atom is 0.416 e. The van der Waals surface area contributed by atoms with Crippen molar-refractivity contribution in [2.24, 2.45) is 5.92 Å². The van der Waals surface area contributed by atoms with E-state index in [0.717, 1.165) is 37.8 Å². The van der Waals surface area contributed by atoms with Gasteiger partial charge in [0.25, 0.3) is 0 Å². The zero-order valence-corrected chi connectivity index (χ0v) is 17.3. The molecule has 4 rings (SSSR count). The fraction of sp³-hybridized carbons (Fsp3) is 0.500. The van der Waals surface area contributed by atoms with E-state index in [-0.39, 0.29) is 11.8 Å². The summed E-state index contributed by atoms with van der Waals surface area (Å²) in [5.74, 6) is 1.05. The van der Waals surface area contributed by atoms with Gasteiger partial charge in [-0.05, 0) is 24.5 Å². The van der Waals surface area contributed by atoms with Gasteiger partial charge in [0.05, 0.1) is 11.8 Å². The van der Waals surface area contributed by atoms with Crippen LogP contribution in [0.3, 0.4) is 0 Å². The summed E-state index contributed by atoms with van der Waals surface area (Å²) in [5, 5.41) is 0. The molecule has 9 heteroatoms. The minimum absolute atomic E-state index is 0.0166. The maximum absolute atomic E-state index is 13.0. The summed E-state index contributed by atoms with van der Waals surface area (Å²) >= 11 is 0. The lowest BCUT2D eigenvalue weighted by Crippen LogP contribution is -2.51. The first-order valence-electron chi connectivity index (χ1n) is 10.6. The number of rotatable bonds is 4. The summed E-state index contributed by atoms with van der Waals surface area (Å²) in [7, 11) is 0. The highest BCUT2D eigenvalue weighted by atomic mass is 19.4. The number of nitrogens with zero attached hydrogens (tertiary/aromatic N) is 5. The Morgan fingerprint density at radius 2 is 1.77 bits per heavy atom. The van der Waals surface area contributed by atoms with Crippen molar-refractivity contribution in [1.82, 2.24) is 19.8 Å². The number of carbonyl (C=O) groups excluding carboxylic acids is 1. The molecule has 166 valence electrons. The fourth-order valence-electron chi connectivity index (χ4n) is 4.30. The summed E-state index contributed by atoms with van der Waals surface area (Å²) in [6.45, 7) is 4.59. The second kappa shape index (κ2) is 9.21. The second-order valence-electron chi connectivity index (χ2n) is 8.12. The summed E-state index contributed by atoms with van der Waals surface area (Å²) in [6, 6.07) is 5.47. The van der Waals surface area contributed by atoms with Gasteiger partial charge in [0.15, 0.2) is 0 Å². The minimum atomic E-state index is -4.33. The molecule has 0 spiro atoms. The van der Waals surface area contributed by atoms with Gasteiger partial charge in [0, 0.05) is 64.1 Å². The Morgan fingerprint density at radius 3 is 2.42 bits per heavy atom. The van der Waals surface area contributed by atoms with Gasteiger partial charge < -0.3 is 9.80 Å². The fourth-order valence-corrected chi connectivity index (χ4v) is 4.30. The average Bonchev–Trinajstić information content (AvgIpc) is 2.79. The number of carbonyl (C=O) groups is 1. The highest BCUT2D eigenvalue weighted by Crippen LogP contribution is 2.30. The Balaban J connectivity index is 1.25. The summed E-state index contributed by atoms with van der Waals surface area (Å²) < 4.78 is 38.8. The number of amides is 1. The predicted octanol–water partition coefficient (Wildman–Crippen LogP) is 3.06. The van der Waals surface area contributed by atoms with Crippen molar-refractivity contribution in [3.63, 3.8) is 0 Å². The van der Waals surface area contributed by atoms with Crippen LogP contribution in [0, 0.1) is 5.92 Å². The van der Waals surface area contributed by atoms with Crippen LogP contribution >= 0.6 is 0 Å². The van der Waals surface area contributed by atoms with Gasteiger partial charge in [-0.25, -0.2) is 4.98 Å². The predicted molar refractivity (Wildman–Crippen MR) is 110 cm³/mol. The van der Waals surface area contributed by atoms with Gasteiger partial charge in [-0.2, -0.15) is 13.2 Å². The van der Waals surface area contributed by atoms with Crippen molar-refractivity contribution in [3.05, 3.63) is 54.0 Å². The van der Waals surface area contributed by atoms with Gasteiger partial charge in [-0.3, -0.25) is 14.7 Å². The number of anilines is 1. The number of piperazine rings is 1. The van der Waals surface area contributed by atoms with Crippen molar-refractivity contribution in [2.75, 3.05) is 44.2 Å². The van der Waals surface area contributed by atoms with Crippen LogP contribution in [0.5, 0.6) is 0 Å². The van der Waals surface area contributed by atoms with Crippen LogP contribution in [-0.2, 0) is 17.5 Å². The lowest BCUT2D eigenvalue weighted by Gasteiger charge is -2.38. The largest absolute Gasteiger partial charge is 0.416 e. The van der Waals surface area contributed by atoms with Gasteiger partial charge in [-0.15, -0.1) is 0 Å². The summed E-state index contributed by atoms with van der Waals surface area (Å²) in [4.78, 5) is 27.5. The Kier molecular flexibility index (Phi) is 6.41. The number of hydrogen-bond donors (Lipinski definition) is 0. The van der Waals surface area contributed by atoms with Crippen molar-refractivity contribution < 1.29 is 18.0 Å². The van der Waals surface area contributed by atoms with Crippen LogP contribution in [0.25, 0.3) is 0 Å². The Bertz CT molecular complexity index is 876. The van der Waals surface area contributed by atoms with E-state index in [9.17, 15) is 18.0 Å². The highest BCUT2D eigenvalue weighted by molar-refractivity contribution is 5.79. The van der Waals surface area contributed by atoms with Crippen LogP contribution in [-0.4, -0.2) is 64.9 Å². The number of benzene rings is 1. The molecular formula is C22H26F3N5O. The molecular weight excluding hydrogens is 407 g/mol. The zero-order chi connectivity index (χ0) is 21.8. The lowest BCUT2D eigenvalue weighted by atomic mass is 9.95. The molecule has 1 aromatic heterocycles. The average molecular weight is 433 g/mol. The molecule has 2 aliphatic heterocycles. The first-order valence-corrected chi connectivity index (χ1v) is 10.6. The van der Waals surface area contributed by atoms with Crippen molar-refractivity contribution in [2.45, 2.75) is 25.6 Å². The number of alkyl halides is 3. The molecule has 2 fully saturated rings. The lowest BCUT2D eigenvalue weighted by molar-refractivity contribution is -0.138. The van der Waals surface area contributed by atoms with Crippen molar-refractivity contribution in [1.29, 1.82) is 0 Å². The number of halogens is 3. The molecule has 0 aliphatic carbocycles. The highest BCUT2D eigenvalue weighted by Gasteiger charge is 2.32. The van der Waals surface area contributed by atoms with Crippen LogP contribution in [0.4, 0.5) is 19.0 Å². The van der Waals surface area contributed by atoms with Crippen molar-refractivity contribution in [3.8, 4) is 0 Å². The Labute approximate surface area is 179 Å². The van der Waals surface area contributed by atoms with E-state index in [4.69, 9.17) is 0 Å². The van der Waals surface area contributed by atoms with Gasteiger partial charge in [-0.1, -0.05) is 18.2 Å². The SMILES string of the molecule is O=C(C1CCN(c2cnccn2)CC1)N1CCN(Cc2cccc(C(F)(F)F)c2)CC1. The first kappa shape index (κ1) is 21.5. The van der Waals surface area contributed by atoms with Crippen LogP contribution < -0.4 is 4.90 Å². The molecule has 2 saturated heterocycles. The third-order valence-electron chi connectivity index (χ3n) is 6.06. The third-order valence-corrected chi connectivity index (χ3v) is 6.06. The molecule has 0 radical (unpaired) electrons. The van der Waals surface area contributed by atoms with E-state index in [1.807, 2.05) is 4.90 Å². The molecule has 0 N–H and O–H groups in total. The van der Waals surface area contributed by atoms with Crippen LogP contribution in [0.15, 0.2) is 42.9 Å². The van der Waals surface area contributed by atoms with Gasteiger partial charge in [0.2, 0.25) is 5.91 Å². The van der Waals surface area contributed by atoms with E-state index in [1.165, 1.54) is 12.1 Å². The minimum Gasteiger partial charge on any atom is -0.355 e. The van der Waals surface area contributed by atoms with Gasteiger partial charge >= 0.3 is 6.18 Å².